The van der Waals surface area contributed by atoms with E-state index in [1.807, 2.05) is 0 Å². The Hall–Kier alpha value is -3.57. The molecular weight excluding hydrogens is 308 g/mol. The van der Waals surface area contributed by atoms with Crippen LogP contribution in [0.4, 0.5) is 0 Å². The molecule has 0 saturated heterocycles. The molecule has 0 bridgehead atoms. The Morgan fingerprint density at radius 1 is 0.913 bits per heavy atom. The van der Waals surface area contributed by atoms with Crippen LogP contribution in [0.2, 0.25) is 0 Å². The summed E-state index contributed by atoms with van der Waals surface area (Å²) in [4.78, 5) is 12.1. The standard InChI is InChI=1S/C15H8O7.H2O/c16-7-4-10(19)12-11(5-7)22-15(14(21)13(12)20)6-1-2-8(17)9(18)3-6;/h3-5,16-19,21H;1H2. The first-order valence-corrected chi connectivity index (χ1v) is 5.96. The highest BCUT2D eigenvalue weighted by Crippen LogP contribution is 2.36. The van der Waals surface area contributed by atoms with Gasteiger partial charge in [0.2, 0.25) is 16.9 Å². The van der Waals surface area contributed by atoms with Crippen molar-refractivity contribution < 1.29 is 35.4 Å². The van der Waals surface area contributed by atoms with Crippen LogP contribution in [0.1, 0.15) is 0 Å². The van der Waals surface area contributed by atoms with Crippen LogP contribution in [0.3, 0.4) is 0 Å². The maximum absolute atomic E-state index is 12.1. The van der Waals surface area contributed by atoms with Crippen molar-refractivity contribution in [2.45, 2.75) is 0 Å². The van der Waals surface area contributed by atoms with Gasteiger partial charge in [-0.1, -0.05) is 6.07 Å². The molecule has 1 heterocycles. The van der Waals surface area contributed by atoms with Crippen LogP contribution in [-0.2, 0) is 0 Å². The van der Waals surface area contributed by atoms with E-state index in [-0.39, 0.29) is 33.5 Å². The van der Waals surface area contributed by atoms with Crippen molar-refractivity contribution in [2.24, 2.45) is 0 Å². The SMILES string of the molecule is O.O=c1c(O)c(-c2c#cc(O)c(O)c2)oc2cc(O)cc(O)c12. The molecule has 23 heavy (non-hydrogen) atoms. The second kappa shape index (κ2) is 5.32. The monoisotopic (exact) mass is 318 g/mol. The summed E-state index contributed by atoms with van der Waals surface area (Å²) < 4.78 is 5.30. The first kappa shape index (κ1) is 15.8. The molecule has 2 aromatic carbocycles. The van der Waals surface area contributed by atoms with E-state index in [1.165, 1.54) is 0 Å². The average Bonchev–Trinajstić information content (AvgIpc) is 2.45. The van der Waals surface area contributed by atoms with Crippen molar-refractivity contribution >= 4 is 11.0 Å². The summed E-state index contributed by atoms with van der Waals surface area (Å²) in [6, 6.07) is 7.63. The third-order valence-corrected chi connectivity index (χ3v) is 3.02. The predicted molar refractivity (Wildman–Crippen MR) is 77.5 cm³/mol. The molecule has 0 aliphatic carbocycles. The van der Waals surface area contributed by atoms with Gasteiger partial charge in [-0.15, -0.1) is 0 Å². The van der Waals surface area contributed by atoms with Gasteiger partial charge < -0.3 is 35.4 Å². The van der Waals surface area contributed by atoms with Gasteiger partial charge in [-0.25, -0.2) is 0 Å². The highest BCUT2D eigenvalue weighted by molar-refractivity contribution is 5.88. The smallest absolute Gasteiger partial charge is 0.238 e. The molecule has 0 radical (unpaired) electrons. The third kappa shape index (κ3) is 2.41. The van der Waals surface area contributed by atoms with E-state index in [0.717, 1.165) is 18.2 Å². The van der Waals surface area contributed by atoms with E-state index < -0.39 is 28.4 Å². The number of hydrogen-bond donors (Lipinski definition) is 5. The quantitative estimate of drug-likeness (QED) is 0.442. The van der Waals surface area contributed by atoms with E-state index in [2.05, 4.69) is 12.1 Å². The van der Waals surface area contributed by atoms with Gasteiger partial charge in [0.25, 0.3) is 0 Å². The topological polar surface area (TPSA) is 163 Å². The van der Waals surface area contributed by atoms with Crippen molar-refractivity contribution in [3.8, 4) is 40.1 Å². The average molecular weight is 318 g/mol. The second-order valence-corrected chi connectivity index (χ2v) is 4.49. The van der Waals surface area contributed by atoms with Gasteiger partial charge >= 0.3 is 0 Å². The highest BCUT2D eigenvalue weighted by Gasteiger charge is 2.19. The normalized spacial score (nSPS) is 10.1. The van der Waals surface area contributed by atoms with Crippen LogP contribution in [0.5, 0.6) is 28.7 Å². The van der Waals surface area contributed by atoms with Gasteiger partial charge in [0.05, 0.1) is 5.56 Å². The zero-order valence-corrected chi connectivity index (χ0v) is 11.3. The molecule has 3 aromatic rings. The molecule has 0 spiro atoms. The fourth-order valence-corrected chi connectivity index (χ4v) is 2.01. The van der Waals surface area contributed by atoms with E-state index in [0.29, 0.717) is 0 Å². The minimum absolute atomic E-state index is 0. The molecule has 8 nitrogen and oxygen atoms in total. The molecule has 0 amide bonds. The van der Waals surface area contributed by atoms with E-state index in [1.54, 1.807) is 0 Å². The summed E-state index contributed by atoms with van der Waals surface area (Å²) in [5.41, 5.74) is -1.14. The number of fused-ring (bicyclic) bond motifs is 1. The van der Waals surface area contributed by atoms with E-state index >= 15 is 0 Å². The fraction of sp³-hybridized carbons (Fsp3) is 0. The summed E-state index contributed by atoms with van der Waals surface area (Å²) >= 11 is 0. The molecule has 0 saturated carbocycles. The van der Waals surface area contributed by atoms with Gasteiger partial charge in [-0.3, -0.25) is 4.79 Å². The lowest BCUT2D eigenvalue weighted by Crippen LogP contribution is -2.02. The summed E-state index contributed by atoms with van der Waals surface area (Å²) in [5, 5.41) is 47.4. The van der Waals surface area contributed by atoms with Gasteiger partial charge in [0.1, 0.15) is 22.5 Å². The summed E-state index contributed by atoms with van der Waals surface area (Å²) in [7, 11) is 0. The van der Waals surface area contributed by atoms with Crippen molar-refractivity contribution in [3.05, 3.63) is 40.6 Å². The molecule has 118 valence electrons. The lowest BCUT2D eigenvalue weighted by molar-refractivity contribution is 0.404. The Bertz CT molecular complexity index is 958. The van der Waals surface area contributed by atoms with Crippen LogP contribution in [-0.4, -0.2) is 31.0 Å². The van der Waals surface area contributed by atoms with Crippen molar-refractivity contribution in [1.82, 2.24) is 0 Å². The van der Waals surface area contributed by atoms with E-state index in [9.17, 15) is 30.3 Å². The number of benzene rings is 1. The Morgan fingerprint density at radius 3 is 2.26 bits per heavy atom. The van der Waals surface area contributed by atoms with Gasteiger partial charge in [-0.05, 0) is 6.07 Å². The van der Waals surface area contributed by atoms with Crippen molar-refractivity contribution in [1.29, 1.82) is 0 Å². The highest BCUT2D eigenvalue weighted by atomic mass is 16.4. The molecule has 0 fully saturated rings. The summed E-state index contributed by atoms with van der Waals surface area (Å²) in [6.07, 6.45) is 0. The summed E-state index contributed by atoms with van der Waals surface area (Å²) in [5.74, 6) is -3.16. The number of phenolic OH excluding ortho intramolecular Hbond substituents is 2. The van der Waals surface area contributed by atoms with Gasteiger partial charge in [-0.2, -0.15) is 0 Å². The first-order chi connectivity index (χ1) is 10.4. The van der Waals surface area contributed by atoms with Gasteiger partial charge in [0, 0.05) is 18.2 Å². The minimum atomic E-state index is -0.922. The fourth-order valence-electron chi connectivity index (χ4n) is 2.01. The lowest BCUT2D eigenvalue weighted by atomic mass is 10.1. The molecule has 0 unspecified atom stereocenters. The second-order valence-electron chi connectivity index (χ2n) is 4.49. The van der Waals surface area contributed by atoms with Crippen molar-refractivity contribution in [3.63, 3.8) is 0 Å². The Labute approximate surface area is 128 Å². The number of rotatable bonds is 1. The zero-order valence-electron chi connectivity index (χ0n) is 11.3. The lowest BCUT2D eigenvalue weighted by Gasteiger charge is -2.06. The van der Waals surface area contributed by atoms with Crippen LogP contribution < -0.4 is 5.43 Å². The first-order valence-electron chi connectivity index (χ1n) is 5.96. The molecule has 7 N–H and O–H groups in total. The van der Waals surface area contributed by atoms with Crippen LogP contribution in [0, 0.1) is 12.1 Å². The molecule has 0 aliphatic heterocycles. The molecule has 0 atom stereocenters. The Morgan fingerprint density at radius 2 is 1.61 bits per heavy atom. The molecule has 1 aromatic heterocycles. The molecule has 8 heteroatoms. The number of aromatic hydroxyl groups is 5. The van der Waals surface area contributed by atoms with Gasteiger partial charge in [0.15, 0.2) is 11.5 Å². The molecule has 0 aliphatic rings. The Kier molecular flexibility index (Phi) is 3.66. The third-order valence-electron chi connectivity index (χ3n) is 3.02. The van der Waals surface area contributed by atoms with Crippen molar-refractivity contribution in [2.75, 3.05) is 0 Å². The van der Waals surface area contributed by atoms with Crippen LogP contribution in [0.25, 0.3) is 22.3 Å². The zero-order chi connectivity index (χ0) is 16.0. The minimum Gasteiger partial charge on any atom is -0.508 e. The maximum atomic E-state index is 12.1. The number of phenols is 2. The van der Waals surface area contributed by atoms with Crippen LogP contribution >= 0.6 is 0 Å². The predicted octanol–water partition coefficient (Wildman–Crippen LogP) is 0.764. The van der Waals surface area contributed by atoms with E-state index in [4.69, 9.17) is 4.42 Å². The number of hydrogen-bond acceptors (Lipinski definition) is 7. The largest absolute Gasteiger partial charge is 0.508 e. The van der Waals surface area contributed by atoms with Crippen LogP contribution in [0.15, 0.2) is 27.4 Å². The molecule has 3 rings (SSSR count). The molecular formula is C15H10O8. The Balaban J connectivity index is 0.00000192. The maximum Gasteiger partial charge on any atom is 0.238 e. The summed E-state index contributed by atoms with van der Waals surface area (Å²) in [6.45, 7) is 0.